The fourth-order valence-electron chi connectivity index (χ4n) is 2.85. The number of hydrogen-bond acceptors (Lipinski definition) is 2. The molecule has 23 heavy (non-hydrogen) atoms. The molecule has 0 unspecified atom stereocenters. The molecule has 0 saturated heterocycles. The van der Waals surface area contributed by atoms with Gasteiger partial charge in [0.05, 0.1) is 15.2 Å². The van der Waals surface area contributed by atoms with Crippen molar-refractivity contribution in [2.45, 2.75) is 25.7 Å². The van der Waals surface area contributed by atoms with Crippen LogP contribution in [0.5, 0.6) is 0 Å². The molecule has 114 valence electrons. The third-order valence-electron chi connectivity index (χ3n) is 3.82. The predicted octanol–water partition coefficient (Wildman–Crippen LogP) is 1.92. The predicted molar refractivity (Wildman–Crippen MR) is 88.8 cm³/mol. The quantitative estimate of drug-likeness (QED) is 0.513. The van der Waals surface area contributed by atoms with Crippen molar-refractivity contribution in [3.05, 3.63) is 33.1 Å². The van der Waals surface area contributed by atoms with E-state index in [1.54, 1.807) is 6.07 Å². The monoisotopic (exact) mass is 455 g/mol. The van der Waals surface area contributed by atoms with Crippen LogP contribution in [0.1, 0.15) is 37.0 Å². The van der Waals surface area contributed by atoms with Gasteiger partial charge in [0.25, 0.3) is 0 Å². The van der Waals surface area contributed by atoms with Gasteiger partial charge in [-0.3, -0.25) is 0 Å². The third-order valence-corrected chi connectivity index (χ3v) is 4.62. The fourth-order valence-corrected chi connectivity index (χ4v) is 3.59. The Morgan fingerprint density at radius 3 is 2.52 bits per heavy atom. The standard InChI is InChI=1S/C15H11BF3INO.K/c17-16(18,19)13-11-6-9(8-21)7-12(20)15(11)22-14(13)10-4-2-1-3-5-10;/h4,6-7H,1-3,5H2;/q-1;+1. The largest absolute Gasteiger partial charge is 1.00 e. The summed E-state index contributed by atoms with van der Waals surface area (Å²) in [7, 11) is 0. The second kappa shape index (κ2) is 7.62. The summed E-state index contributed by atoms with van der Waals surface area (Å²) in [5, 5.41) is 9.00. The SMILES string of the molecule is N#Cc1cc(I)c2oc(C3=CCCCC3)c([B-](F)(F)F)c2c1.[K+]. The number of rotatable bonds is 2. The second-order valence-electron chi connectivity index (χ2n) is 5.34. The van der Waals surface area contributed by atoms with Crippen LogP contribution < -0.4 is 56.8 Å². The van der Waals surface area contributed by atoms with E-state index in [2.05, 4.69) is 0 Å². The molecule has 0 spiro atoms. The molecule has 0 aliphatic heterocycles. The van der Waals surface area contributed by atoms with E-state index in [1.807, 2.05) is 34.7 Å². The van der Waals surface area contributed by atoms with E-state index in [0.29, 0.717) is 15.6 Å². The van der Waals surface area contributed by atoms with Crippen LogP contribution in [-0.4, -0.2) is 6.98 Å². The Labute approximate surface area is 188 Å². The number of allylic oxidation sites excluding steroid dienone is 2. The van der Waals surface area contributed by atoms with Gasteiger partial charge in [0, 0.05) is 0 Å². The number of benzene rings is 1. The minimum Gasteiger partial charge on any atom is -0.458 e. The van der Waals surface area contributed by atoms with Crippen LogP contribution in [0.2, 0.25) is 0 Å². The molecular formula is C15H11BF3IKNO. The summed E-state index contributed by atoms with van der Waals surface area (Å²) in [6, 6.07) is 4.72. The van der Waals surface area contributed by atoms with Gasteiger partial charge in [0.15, 0.2) is 0 Å². The van der Waals surface area contributed by atoms with Gasteiger partial charge in [-0.1, -0.05) is 11.5 Å². The molecular weight excluding hydrogens is 444 g/mol. The first-order valence-corrected chi connectivity index (χ1v) is 8.05. The summed E-state index contributed by atoms with van der Waals surface area (Å²) < 4.78 is 47.0. The Morgan fingerprint density at radius 2 is 1.96 bits per heavy atom. The molecule has 1 aliphatic carbocycles. The molecule has 0 fully saturated rings. The van der Waals surface area contributed by atoms with E-state index >= 15 is 0 Å². The van der Waals surface area contributed by atoms with E-state index in [4.69, 9.17) is 9.68 Å². The van der Waals surface area contributed by atoms with Crippen LogP contribution in [0.3, 0.4) is 0 Å². The van der Waals surface area contributed by atoms with Crippen molar-refractivity contribution in [3.63, 3.8) is 0 Å². The zero-order chi connectivity index (χ0) is 15.9. The molecule has 2 aromatic rings. The van der Waals surface area contributed by atoms with E-state index in [0.717, 1.165) is 19.3 Å². The molecule has 0 bridgehead atoms. The second-order valence-corrected chi connectivity index (χ2v) is 6.50. The van der Waals surface area contributed by atoms with Gasteiger partial charge in [-0.2, -0.15) is 5.26 Å². The van der Waals surface area contributed by atoms with Gasteiger partial charge >= 0.3 is 58.4 Å². The van der Waals surface area contributed by atoms with Gasteiger partial charge in [-0.25, -0.2) is 0 Å². The average Bonchev–Trinajstić information content (AvgIpc) is 2.88. The van der Waals surface area contributed by atoms with Crippen molar-refractivity contribution in [2.75, 3.05) is 0 Å². The summed E-state index contributed by atoms with van der Waals surface area (Å²) in [6.45, 7) is -5.22. The fraction of sp³-hybridized carbons (Fsp3) is 0.267. The maximum Gasteiger partial charge on any atom is 1.00 e. The van der Waals surface area contributed by atoms with Crippen LogP contribution >= 0.6 is 22.6 Å². The summed E-state index contributed by atoms with van der Waals surface area (Å²) >= 11 is 1.91. The molecule has 0 N–H and O–H groups in total. The van der Waals surface area contributed by atoms with Crippen LogP contribution in [0.4, 0.5) is 12.9 Å². The van der Waals surface area contributed by atoms with Crippen molar-refractivity contribution >= 4 is 51.6 Å². The van der Waals surface area contributed by atoms with Crippen LogP contribution in [0, 0.1) is 14.9 Å². The Morgan fingerprint density at radius 1 is 1.22 bits per heavy atom. The van der Waals surface area contributed by atoms with Gasteiger partial charge in [-0.05, 0) is 71.4 Å². The van der Waals surface area contributed by atoms with Crippen molar-refractivity contribution in [3.8, 4) is 6.07 Å². The van der Waals surface area contributed by atoms with E-state index in [-0.39, 0.29) is 73.7 Å². The van der Waals surface area contributed by atoms with Gasteiger partial charge in [0.1, 0.15) is 11.3 Å². The molecule has 8 heteroatoms. The van der Waals surface area contributed by atoms with Crippen molar-refractivity contribution < 1.29 is 68.7 Å². The van der Waals surface area contributed by atoms with Gasteiger partial charge in [-0.15, -0.1) is 0 Å². The van der Waals surface area contributed by atoms with Crippen LogP contribution in [0.15, 0.2) is 22.6 Å². The molecule has 0 atom stereocenters. The van der Waals surface area contributed by atoms with Gasteiger partial charge in [0.2, 0.25) is 0 Å². The average molecular weight is 455 g/mol. The van der Waals surface area contributed by atoms with E-state index in [1.165, 1.54) is 6.07 Å². The van der Waals surface area contributed by atoms with E-state index < -0.39 is 12.4 Å². The Bertz CT molecular complexity index is 823. The maximum atomic E-state index is 13.6. The summed E-state index contributed by atoms with van der Waals surface area (Å²) in [5.41, 5.74) is 0.363. The number of nitriles is 1. The Balaban J connectivity index is 0.00000192. The number of halogens is 4. The first-order chi connectivity index (χ1) is 10.4. The minimum atomic E-state index is -5.22. The molecule has 0 saturated carbocycles. The smallest absolute Gasteiger partial charge is 0.458 e. The number of furan rings is 1. The van der Waals surface area contributed by atoms with Crippen LogP contribution in [0.25, 0.3) is 16.5 Å². The first-order valence-electron chi connectivity index (χ1n) is 6.97. The number of fused-ring (bicyclic) bond motifs is 1. The molecule has 1 aromatic carbocycles. The number of nitrogens with zero attached hydrogens (tertiary/aromatic N) is 1. The molecule has 1 aliphatic rings. The molecule has 2 nitrogen and oxygen atoms in total. The molecule has 1 heterocycles. The molecule has 1 aromatic heterocycles. The summed E-state index contributed by atoms with van der Waals surface area (Å²) in [5.74, 6) is -0.0600. The van der Waals surface area contributed by atoms with Crippen molar-refractivity contribution in [2.24, 2.45) is 0 Å². The van der Waals surface area contributed by atoms with Crippen molar-refractivity contribution in [1.82, 2.24) is 0 Å². The zero-order valence-corrected chi connectivity index (χ0v) is 17.8. The Hall–Kier alpha value is 0.211. The Kier molecular flexibility index (Phi) is 6.47. The topological polar surface area (TPSA) is 36.9 Å². The summed E-state index contributed by atoms with van der Waals surface area (Å²) in [4.78, 5) is 0. The minimum absolute atomic E-state index is 0. The third kappa shape index (κ3) is 3.90. The normalized spacial score (nSPS) is 15.0. The molecule has 3 rings (SSSR count). The molecule has 0 radical (unpaired) electrons. The zero-order valence-electron chi connectivity index (χ0n) is 12.5. The summed E-state index contributed by atoms with van der Waals surface area (Å²) in [6.07, 6.45) is 5.07. The van der Waals surface area contributed by atoms with Gasteiger partial charge < -0.3 is 17.4 Å². The van der Waals surface area contributed by atoms with Crippen LogP contribution in [-0.2, 0) is 0 Å². The van der Waals surface area contributed by atoms with Crippen molar-refractivity contribution in [1.29, 1.82) is 5.26 Å². The maximum absolute atomic E-state index is 13.6. The number of hydrogen-bond donors (Lipinski definition) is 0. The van der Waals surface area contributed by atoms with E-state index in [9.17, 15) is 12.9 Å². The molecule has 0 amide bonds. The first kappa shape index (κ1) is 19.5.